The van der Waals surface area contributed by atoms with Crippen LogP contribution in [0.15, 0.2) is 53.7 Å². The molecule has 1 N–H and O–H groups in total. The molecule has 5 nitrogen and oxygen atoms in total. The van der Waals surface area contributed by atoms with Crippen molar-refractivity contribution in [3.8, 4) is 5.88 Å². The summed E-state index contributed by atoms with van der Waals surface area (Å²) in [5.74, 6) is 1.54. The van der Waals surface area contributed by atoms with E-state index < -0.39 is 0 Å². The van der Waals surface area contributed by atoms with Crippen LogP contribution in [0, 0.1) is 0 Å². The Morgan fingerprint density at radius 1 is 1.19 bits per heavy atom. The Morgan fingerprint density at radius 2 is 1.96 bits per heavy atom. The van der Waals surface area contributed by atoms with E-state index in [1.54, 1.807) is 6.20 Å². The van der Waals surface area contributed by atoms with Crippen molar-refractivity contribution in [3.63, 3.8) is 0 Å². The molecule has 26 heavy (non-hydrogen) atoms. The lowest BCUT2D eigenvalue weighted by Gasteiger charge is -2.21. The number of halogens is 1. The molecule has 0 saturated carbocycles. The highest BCUT2D eigenvalue weighted by molar-refractivity contribution is 14.0. The molecular formula is C20H29IN4O. The lowest BCUT2D eigenvalue weighted by molar-refractivity contribution is 0.293. The highest BCUT2D eigenvalue weighted by atomic mass is 127. The summed E-state index contributed by atoms with van der Waals surface area (Å²) >= 11 is 0. The van der Waals surface area contributed by atoms with Gasteiger partial charge in [-0.25, -0.2) is 4.98 Å². The number of aliphatic imine (C=N–C) groups is 1. The molecule has 0 aliphatic carbocycles. The summed E-state index contributed by atoms with van der Waals surface area (Å²) in [6, 6.07) is 14.1. The Labute approximate surface area is 173 Å². The number of benzene rings is 1. The van der Waals surface area contributed by atoms with E-state index >= 15 is 0 Å². The molecule has 2 aromatic rings. The Kier molecular flexibility index (Phi) is 10.7. The van der Waals surface area contributed by atoms with E-state index in [-0.39, 0.29) is 24.0 Å². The molecule has 0 unspecified atom stereocenters. The Balaban J connectivity index is 0.00000338. The van der Waals surface area contributed by atoms with E-state index in [9.17, 15) is 0 Å². The van der Waals surface area contributed by atoms with Crippen LogP contribution in [0.2, 0.25) is 0 Å². The summed E-state index contributed by atoms with van der Waals surface area (Å²) in [6.45, 7) is 4.40. The Hall–Kier alpha value is -1.83. The van der Waals surface area contributed by atoms with Gasteiger partial charge >= 0.3 is 0 Å². The fraction of sp³-hybridized carbons (Fsp3) is 0.400. The number of pyridine rings is 1. The molecule has 0 radical (unpaired) electrons. The molecule has 0 amide bonds. The minimum atomic E-state index is 0. The monoisotopic (exact) mass is 468 g/mol. The third kappa shape index (κ3) is 7.59. The predicted molar refractivity (Wildman–Crippen MR) is 118 cm³/mol. The molecule has 0 atom stereocenters. The van der Waals surface area contributed by atoms with E-state index in [4.69, 9.17) is 4.74 Å². The maximum Gasteiger partial charge on any atom is 0.213 e. The van der Waals surface area contributed by atoms with E-state index in [1.807, 2.05) is 49.5 Å². The van der Waals surface area contributed by atoms with Crippen LogP contribution in [0.5, 0.6) is 5.88 Å². The van der Waals surface area contributed by atoms with Gasteiger partial charge in [0.15, 0.2) is 5.96 Å². The first-order chi connectivity index (χ1) is 12.2. The summed E-state index contributed by atoms with van der Waals surface area (Å²) in [7, 11) is 3.87. The molecule has 1 aromatic heterocycles. The van der Waals surface area contributed by atoms with Crippen molar-refractivity contribution < 1.29 is 4.74 Å². The first kappa shape index (κ1) is 22.2. The van der Waals surface area contributed by atoms with Crippen molar-refractivity contribution >= 4 is 29.9 Å². The smallest absolute Gasteiger partial charge is 0.213 e. The van der Waals surface area contributed by atoms with Crippen molar-refractivity contribution in [3.05, 3.63) is 59.8 Å². The highest BCUT2D eigenvalue weighted by Crippen LogP contribution is 2.12. The fourth-order valence-electron chi connectivity index (χ4n) is 2.44. The summed E-state index contributed by atoms with van der Waals surface area (Å²) in [4.78, 5) is 10.8. The standard InChI is InChI=1S/C20H28N4O.HI/c1-4-5-13-24(3)20(21-2)23-15-18-11-12-22-19(14-18)25-16-17-9-7-6-8-10-17;/h6-12,14H,4-5,13,15-16H2,1-3H3,(H,21,23);1H. The third-order valence-electron chi connectivity index (χ3n) is 3.90. The quantitative estimate of drug-likeness (QED) is 0.360. The SMILES string of the molecule is CCCCN(C)C(=NC)NCc1ccnc(OCc2ccccc2)c1.I. The second-order valence-corrected chi connectivity index (χ2v) is 5.95. The molecule has 142 valence electrons. The van der Waals surface area contributed by atoms with Crippen molar-refractivity contribution in [1.82, 2.24) is 15.2 Å². The summed E-state index contributed by atoms with van der Waals surface area (Å²) in [5.41, 5.74) is 2.24. The fourth-order valence-corrected chi connectivity index (χ4v) is 2.44. The zero-order valence-electron chi connectivity index (χ0n) is 15.8. The maximum absolute atomic E-state index is 5.79. The predicted octanol–water partition coefficient (Wildman–Crippen LogP) is 4.09. The number of nitrogens with one attached hydrogen (secondary N) is 1. The van der Waals surface area contributed by atoms with Gasteiger partial charge in [-0.1, -0.05) is 43.7 Å². The van der Waals surface area contributed by atoms with Crippen LogP contribution in [0.1, 0.15) is 30.9 Å². The lowest BCUT2D eigenvalue weighted by Crippen LogP contribution is -2.38. The van der Waals surface area contributed by atoms with Gasteiger partial charge in [-0.05, 0) is 23.6 Å². The zero-order valence-corrected chi connectivity index (χ0v) is 18.1. The molecule has 0 fully saturated rings. The van der Waals surface area contributed by atoms with Crippen LogP contribution in [0.3, 0.4) is 0 Å². The van der Waals surface area contributed by atoms with Gasteiger partial charge in [0.05, 0.1) is 0 Å². The molecule has 0 spiro atoms. The lowest BCUT2D eigenvalue weighted by atomic mass is 10.2. The number of nitrogens with zero attached hydrogens (tertiary/aromatic N) is 3. The van der Waals surface area contributed by atoms with Crippen LogP contribution in [-0.4, -0.2) is 36.5 Å². The number of rotatable bonds is 8. The van der Waals surface area contributed by atoms with Crippen molar-refractivity contribution in [1.29, 1.82) is 0 Å². The van der Waals surface area contributed by atoms with Crippen LogP contribution in [0.25, 0.3) is 0 Å². The van der Waals surface area contributed by atoms with E-state index in [1.165, 1.54) is 6.42 Å². The number of hydrogen-bond acceptors (Lipinski definition) is 3. The van der Waals surface area contributed by atoms with Crippen LogP contribution < -0.4 is 10.1 Å². The van der Waals surface area contributed by atoms with E-state index in [0.29, 0.717) is 19.0 Å². The number of ether oxygens (including phenoxy) is 1. The Bertz CT molecular complexity index is 664. The van der Waals surface area contributed by atoms with Gasteiger partial charge in [-0.3, -0.25) is 4.99 Å². The van der Waals surface area contributed by atoms with E-state index in [2.05, 4.69) is 34.2 Å². The molecule has 2 rings (SSSR count). The molecule has 0 aliphatic heterocycles. The molecular weight excluding hydrogens is 439 g/mol. The number of hydrogen-bond donors (Lipinski definition) is 1. The van der Waals surface area contributed by atoms with Crippen LogP contribution in [0.4, 0.5) is 0 Å². The molecule has 6 heteroatoms. The molecule has 0 bridgehead atoms. The summed E-state index contributed by atoms with van der Waals surface area (Å²) in [5, 5.41) is 3.39. The number of guanidine groups is 1. The molecule has 0 saturated heterocycles. The topological polar surface area (TPSA) is 49.8 Å². The van der Waals surface area contributed by atoms with Crippen molar-refractivity contribution in [2.45, 2.75) is 32.9 Å². The Morgan fingerprint density at radius 3 is 2.65 bits per heavy atom. The summed E-state index contributed by atoms with van der Waals surface area (Å²) < 4.78 is 5.79. The highest BCUT2D eigenvalue weighted by Gasteiger charge is 2.06. The second-order valence-electron chi connectivity index (χ2n) is 5.95. The maximum atomic E-state index is 5.79. The van der Waals surface area contributed by atoms with Gasteiger partial charge in [-0.2, -0.15) is 0 Å². The third-order valence-corrected chi connectivity index (χ3v) is 3.90. The molecule has 1 aromatic carbocycles. The molecule has 1 heterocycles. The first-order valence-corrected chi connectivity index (χ1v) is 8.76. The van der Waals surface area contributed by atoms with Gasteiger partial charge in [0.2, 0.25) is 5.88 Å². The van der Waals surface area contributed by atoms with Crippen LogP contribution in [-0.2, 0) is 13.2 Å². The average Bonchev–Trinajstić information content (AvgIpc) is 2.66. The minimum Gasteiger partial charge on any atom is -0.473 e. The van der Waals surface area contributed by atoms with Gasteiger partial charge < -0.3 is 15.0 Å². The number of aromatic nitrogens is 1. The van der Waals surface area contributed by atoms with Gasteiger partial charge in [-0.15, -0.1) is 24.0 Å². The zero-order chi connectivity index (χ0) is 17.9. The van der Waals surface area contributed by atoms with Crippen molar-refractivity contribution in [2.24, 2.45) is 4.99 Å². The van der Waals surface area contributed by atoms with Gasteiger partial charge in [0.25, 0.3) is 0 Å². The van der Waals surface area contributed by atoms with E-state index in [0.717, 1.165) is 30.1 Å². The summed E-state index contributed by atoms with van der Waals surface area (Å²) in [6.07, 6.45) is 4.11. The van der Waals surface area contributed by atoms with Crippen LogP contribution >= 0.6 is 24.0 Å². The van der Waals surface area contributed by atoms with Gasteiger partial charge in [0, 0.05) is 39.4 Å². The largest absolute Gasteiger partial charge is 0.473 e. The first-order valence-electron chi connectivity index (χ1n) is 8.76. The molecule has 0 aliphatic rings. The minimum absolute atomic E-state index is 0. The normalized spacial score (nSPS) is 10.8. The second kappa shape index (κ2) is 12.5. The van der Waals surface area contributed by atoms with Crippen molar-refractivity contribution in [2.75, 3.05) is 20.6 Å². The van der Waals surface area contributed by atoms with Gasteiger partial charge in [0.1, 0.15) is 6.61 Å². The number of unbranched alkanes of at least 4 members (excludes halogenated alkanes) is 1. The average molecular weight is 468 g/mol.